The second-order valence-corrected chi connectivity index (χ2v) is 2.43. The van der Waals surface area contributed by atoms with Crippen LogP contribution in [0.2, 0.25) is 0 Å². The first-order chi connectivity index (χ1) is 6.61. The summed E-state index contributed by atoms with van der Waals surface area (Å²) in [5.41, 5.74) is 0. The van der Waals surface area contributed by atoms with Crippen LogP contribution in [-0.2, 0) is 14.3 Å². The van der Waals surface area contributed by atoms with Crippen LogP contribution in [0.5, 0.6) is 0 Å². The summed E-state index contributed by atoms with van der Waals surface area (Å²) in [6.07, 6.45) is 5.17. The van der Waals surface area contributed by atoms with Gasteiger partial charge in [0, 0.05) is 6.08 Å². The second kappa shape index (κ2) is 6.65. The fourth-order valence-corrected chi connectivity index (χ4v) is 0.663. The number of esters is 1. The topological polar surface area (TPSA) is 63.6 Å². The first-order valence-corrected chi connectivity index (χ1v) is 3.95. The number of carboxylic acid groups (broad SMARTS) is 1. The third-order valence-electron chi connectivity index (χ3n) is 1.44. The molecule has 0 spiro atoms. The molecular weight excluding hydrogens is 184 g/mol. The molecule has 0 aromatic rings. The zero-order valence-corrected chi connectivity index (χ0v) is 7.68. The molecule has 0 aliphatic rings. The van der Waals surface area contributed by atoms with Gasteiger partial charge in [0.2, 0.25) is 0 Å². The largest absolute Gasteiger partial charge is 0.481 e. The monoisotopic (exact) mass is 196 g/mol. The van der Waals surface area contributed by atoms with Gasteiger partial charge in [-0.3, -0.25) is 4.79 Å². The maximum absolute atomic E-state index is 10.5. The molecule has 0 saturated carbocycles. The van der Waals surface area contributed by atoms with Gasteiger partial charge in [0.05, 0.1) is 12.2 Å². The maximum atomic E-state index is 10.5. The van der Waals surface area contributed by atoms with Gasteiger partial charge in [-0.2, -0.15) is 0 Å². The lowest BCUT2D eigenvalue weighted by Crippen LogP contribution is -2.09. The predicted molar refractivity (Wildman–Crippen MR) is 51.4 cm³/mol. The van der Waals surface area contributed by atoms with Gasteiger partial charge in [0.25, 0.3) is 0 Å². The van der Waals surface area contributed by atoms with Crippen LogP contribution in [0.25, 0.3) is 0 Å². The van der Waals surface area contributed by atoms with Crippen LogP contribution in [0.3, 0.4) is 0 Å². The van der Waals surface area contributed by atoms with Gasteiger partial charge in [-0.05, 0) is 12.5 Å². The molecule has 1 N–H and O–H groups in total. The summed E-state index contributed by atoms with van der Waals surface area (Å²) in [7, 11) is 0. The van der Waals surface area contributed by atoms with E-state index in [1.807, 2.05) is 0 Å². The molecule has 1 unspecified atom stereocenters. The van der Waals surface area contributed by atoms with E-state index in [0.29, 0.717) is 0 Å². The Morgan fingerprint density at radius 3 is 2.50 bits per heavy atom. The highest BCUT2D eigenvalue weighted by Gasteiger charge is 2.10. The van der Waals surface area contributed by atoms with E-state index in [-0.39, 0.29) is 6.42 Å². The minimum absolute atomic E-state index is 0.239. The first-order valence-electron chi connectivity index (χ1n) is 3.95. The van der Waals surface area contributed by atoms with Crippen molar-refractivity contribution >= 4 is 11.9 Å². The Labute approximate surface area is 82.2 Å². The molecular formula is C10H12O4. The number of hydrogen-bond acceptors (Lipinski definition) is 3. The van der Waals surface area contributed by atoms with Gasteiger partial charge in [0.1, 0.15) is 0 Å². The van der Waals surface area contributed by atoms with Gasteiger partial charge in [-0.15, -0.1) is 6.58 Å². The van der Waals surface area contributed by atoms with Gasteiger partial charge in [-0.1, -0.05) is 12.7 Å². The van der Waals surface area contributed by atoms with E-state index >= 15 is 0 Å². The standard InChI is InChI=1S/C10H12O4/c1-3-8(10(12)13)6-5-7-14-9(11)4-2/h3-5,7-8H,1-2,6H2,(H,12,13). The minimum Gasteiger partial charge on any atom is -0.481 e. The molecule has 76 valence electrons. The Hall–Kier alpha value is -1.84. The van der Waals surface area contributed by atoms with Crippen LogP contribution in [0.4, 0.5) is 0 Å². The summed E-state index contributed by atoms with van der Waals surface area (Å²) in [4.78, 5) is 21.0. The normalized spacial score (nSPS) is 12.0. The van der Waals surface area contributed by atoms with Crippen LogP contribution in [-0.4, -0.2) is 17.0 Å². The summed E-state index contributed by atoms with van der Waals surface area (Å²) < 4.78 is 4.50. The van der Waals surface area contributed by atoms with Crippen molar-refractivity contribution < 1.29 is 19.4 Å². The van der Waals surface area contributed by atoms with Crippen molar-refractivity contribution in [1.82, 2.24) is 0 Å². The fourth-order valence-electron chi connectivity index (χ4n) is 0.663. The Morgan fingerprint density at radius 2 is 2.07 bits per heavy atom. The first kappa shape index (κ1) is 12.2. The average molecular weight is 196 g/mol. The molecule has 0 radical (unpaired) electrons. The number of carbonyl (C=O) groups excluding carboxylic acids is 1. The molecule has 4 nitrogen and oxygen atoms in total. The number of rotatable bonds is 6. The molecule has 0 heterocycles. The molecule has 14 heavy (non-hydrogen) atoms. The van der Waals surface area contributed by atoms with Crippen molar-refractivity contribution in [2.45, 2.75) is 6.42 Å². The Balaban J connectivity index is 3.91. The summed E-state index contributed by atoms with van der Waals surface area (Å²) >= 11 is 0. The number of carboxylic acids is 1. The van der Waals surface area contributed by atoms with Gasteiger partial charge < -0.3 is 9.84 Å². The molecule has 0 aromatic carbocycles. The predicted octanol–water partition coefficient (Wildman–Crippen LogP) is 1.51. The fraction of sp³-hybridized carbons (Fsp3) is 0.200. The summed E-state index contributed by atoms with van der Waals surface area (Å²) in [6, 6.07) is 0. The van der Waals surface area contributed by atoms with E-state index in [0.717, 1.165) is 12.3 Å². The molecule has 0 rings (SSSR count). The van der Waals surface area contributed by atoms with Gasteiger partial charge >= 0.3 is 11.9 Å². The number of hydrogen-bond donors (Lipinski definition) is 1. The van der Waals surface area contributed by atoms with Crippen molar-refractivity contribution in [1.29, 1.82) is 0 Å². The SMILES string of the molecule is C=CC(=O)OC=CCC(C=C)C(=O)O. The highest BCUT2D eigenvalue weighted by Crippen LogP contribution is 2.05. The van der Waals surface area contributed by atoms with E-state index in [1.54, 1.807) is 0 Å². The van der Waals surface area contributed by atoms with Crippen LogP contribution in [0.1, 0.15) is 6.42 Å². The smallest absolute Gasteiger partial charge is 0.334 e. The Bertz CT molecular complexity index is 265. The molecule has 4 heteroatoms. The third kappa shape index (κ3) is 4.92. The zero-order chi connectivity index (χ0) is 11.0. The van der Waals surface area contributed by atoms with Gasteiger partial charge in [-0.25, -0.2) is 4.79 Å². The van der Waals surface area contributed by atoms with Crippen LogP contribution in [0, 0.1) is 5.92 Å². The maximum Gasteiger partial charge on any atom is 0.334 e. The quantitative estimate of drug-likeness (QED) is 0.302. The van der Waals surface area contributed by atoms with Crippen molar-refractivity contribution in [2.75, 3.05) is 0 Å². The summed E-state index contributed by atoms with van der Waals surface area (Å²) in [5, 5.41) is 8.60. The molecule has 0 amide bonds. The van der Waals surface area contributed by atoms with Crippen molar-refractivity contribution in [2.24, 2.45) is 5.92 Å². The highest BCUT2D eigenvalue weighted by molar-refractivity contribution is 5.81. The Morgan fingerprint density at radius 1 is 1.43 bits per heavy atom. The van der Waals surface area contributed by atoms with E-state index < -0.39 is 17.9 Å². The van der Waals surface area contributed by atoms with Crippen molar-refractivity contribution in [3.05, 3.63) is 37.6 Å². The van der Waals surface area contributed by atoms with Crippen molar-refractivity contribution in [3.8, 4) is 0 Å². The van der Waals surface area contributed by atoms with Crippen LogP contribution in [0.15, 0.2) is 37.6 Å². The van der Waals surface area contributed by atoms with Crippen LogP contribution < -0.4 is 0 Å². The van der Waals surface area contributed by atoms with E-state index in [1.165, 1.54) is 12.2 Å². The molecule has 0 aromatic heterocycles. The second-order valence-electron chi connectivity index (χ2n) is 2.43. The minimum atomic E-state index is -0.959. The van der Waals surface area contributed by atoms with Crippen molar-refractivity contribution in [3.63, 3.8) is 0 Å². The zero-order valence-electron chi connectivity index (χ0n) is 7.68. The highest BCUT2D eigenvalue weighted by atomic mass is 16.5. The average Bonchev–Trinajstić information content (AvgIpc) is 2.16. The third-order valence-corrected chi connectivity index (χ3v) is 1.44. The molecule has 0 aliphatic carbocycles. The van der Waals surface area contributed by atoms with Gasteiger partial charge in [0.15, 0.2) is 0 Å². The number of aliphatic carboxylic acids is 1. The molecule has 0 fully saturated rings. The lowest BCUT2D eigenvalue weighted by molar-refractivity contribution is -0.139. The Kier molecular flexibility index (Phi) is 5.78. The molecule has 0 bridgehead atoms. The number of carbonyl (C=O) groups is 2. The number of ether oxygens (including phenoxy) is 1. The molecule has 0 aliphatic heterocycles. The molecule has 0 saturated heterocycles. The summed E-state index contributed by atoms with van der Waals surface area (Å²) in [6.45, 7) is 6.57. The van der Waals surface area contributed by atoms with Crippen LogP contribution >= 0.6 is 0 Å². The van der Waals surface area contributed by atoms with E-state index in [4.69, 9.17) is 5.11 Å². The lowest BCUT2D eigenvalue weighted by atomic mass is 10.1. The lowest BCUT2D eigenvalue weighted by Gasteiger charge is -2.01. The van der Waals surface area contributed by atoms with E-state index in [2.05, 4.69) is 17.9 Å². The summed E-state index contributed by atoms with van der Waals surface area (Å²) in [5.74, 6) is -2.19. The van der Waals surface area contributed by atoms with E-state index in [9.17, 15) is 9.59 Å². The number of allylic oxidation sites excluding steroid dienone is 1. The molecule has 1 atom stereocenters.